The number of hydrogen-bond acceptors (Lipinski definition) is 2. The Morgan fingerprint density at radius 3 is 2.36 bits per heavy atom. The van der Waals surface area contributed by atoms with Crippen molar-refractivity contribution >= 4 is 11.5 Å². The number of carbonyl (C=O) groups excluding carboxylic acids is 1. The van der Waals surface area contributed by atoms with E-state index in [4.69, 9.17) is 0 Å². The largest absolute Gasteiger partial charge is 0.339 e. The van der Waals surface area contributed by atoms with E-state index in [2.05, 4.69) is 47.8 Å². The van der Waals surface area contributed by atoms with Gasteiger partial charge in [-0.2, -0.15) is 0 Å². The minimum atomic E-state index is 0.115. The quantitative estimate of drug-likeness (QED) is 0.853. The number of allylic oxidation sites excluding steroid dienone is 1. The normalized spacial score (nSPS) is 17.7. The van der Waals surface area contributed by atoms with Crippen LogP contribution in [0.15, 0.2) is 54.6 Å². The molecule has 0 saturated carbocycles. The van der Waals surface area contributed by atoms with E-state index < -0.39 is 0 Å². The molecule has 3 nitrogen and oxygen atoms in total. The van der Waals surface area contributed by atoms with E-state index in [0.29, 0.717) is 0 Å². The van der Waals surface area contributed by atoms with Gasteiger partial charge in [-0.05, 0) is 86.0 Å². The Morgan fingerprint density at radius 2 is 1.68 bits per heavy atom. The van der Waals surface area contributed by atoms with Crippen molar-refractivity contribution in [1.29, 1.82) is 0 Å². The minimum absolute atomic E-state index is 0.115. The van der Waals surface area contributed by atoms with Gasteiger partial charge in [-0.1, -0.05) is 42.5 Å². The minimum Gasteiger partial charge on any atom is -0.339 e. The Bertz CT molecular complexity index is 872. The smallest absolute Gasteiger partial charge is 0.253 e. The highest BCUT2D eigenvalue weighted by molar-refractivity contribution is 5.95. The molecule has 3 heteroatoms. The number of piperidine rings is 1. The number of nitrogens with one attached hydrogen (secondary N) is 1. The summed E-state index contributed by atoms with van der Waals surface area (Å²) < 4.78 is 0. The molecule has 1 fully saturated rings. The molecule has 0 radical (unpaired) electrons. The van der Waals surface area contributed by atoms with Gasteiger partial charge in [0.05, 0.1) is 0 Å². The predicted octanol–water partition coefficient (Wildman–Crippen LogP) is 4.53. The zero-order chi connectivity index (χ0) is 19.6. The summed E-state index contributed by atoms with van der Waals surface area (Å²) in [7, 11) is 0. The predicted molar refractivity (Wildman–Crippen MR) is 115 cm³/mol. The second-order valence-corrected chi connectivity index (χ2v) is 8.06. The summed E-state index contributed by atoms with van der Waals surface area (Å²) in [4.78, 5) is 14.5. The van der Waals surface area contributed by atoms with Crippen molar-refractivity contribution in [3.05, 3.63) is 76.9 Å². The standard InChI is InChI=1S/C25H30N2O/c1-3-27(4-2)24(28)20-11-9-19(10-12-20)23-18-25(13-15-26-16-14-25)17-21-7-5-6-8-22(21)23/h5-12,18,26H,3-4,13-17H2,1-2H3. The molecule has 2 aliphatic rings. The summed E-state index contributed by atoms with van der Waals surface area (Å²) in [5.41, 5.74) is 6.35. The molecule has 0 bridgehead atoms. The summed E-state index contributed by atoms with van der Waals surface area (Å²) in [5.74, 6) is 0.115. The van der Waals surface area contributed by atoms with Crippen molar-refractivity contribution in [3.8, 4) is 0 Å². The summed E-state index contributed by atoms with van der Waals surface area (Å²) in [6, 6.07) is 17.0. The van der Waals surface area contributed by atoms with E-state index in [1.807, 2.05) is 30.9 Å². The van der Waals surface area contributed by atoms with Gasteiger partial charge in [0.1, 0.15) is 0 Å². The molecule has 28 heavy (non-hydrogen) atoms. The maximum Gasteiger partial charge on any atom is 0.253 e. The van der Waals surface area contributed by atoms with E-state index in [1.54, 1.807) is 0 Å². The summed E-state index contributed by atoms with van der Waals surface area (Å²) in [5, 5.41) is 3.51. The fraction of sp³-hybridized carbons (Fsp3) is 0.400. The fourth-order valence-corrected chi connectivity index (χ4v) is 4.72. The van der Waals surface area contributed by atoms with E-state index in [0.717, 1.165) is 38.2 Å². The molecular weight excluding hydrogens is 344 g/mol. The highest BCUT2D eigenvalue weighted by Gasteiger charge is 2.35. The molecule has 1 N–H and O–H groups in total. The number of fused-ring (bicyclic) bond motifs is 1. The van der Waals surface area contributed by atoms with Crippen molar-refractivity contribution in [2.75, 3.05) is 26.2 Å². The maximum absolute atomic E-state index is 12.6. The molecule has 2 aromatic rings. The molecule has 146 valence electrons. The molecule has 2 aromatic carbocycles. The Hall–Kier alpha value is -2.39. The van der Waals surface area contributed by atoms with Crippen LogP contribution in [0.1, 0.15) is 53.7 Å². The van der Waals surface area contributed by atoms with Gasteiger partial charge in [0.25, 0.3) is 5.91 Å². The first-order valence-electron chi connectivity index (χ1n) is 10.6. The molecule has 4 rings (SSSR count). The van der Waals surface area contributed by atoms with E-state index in [9.17, 15) is 4.79 Å². The third-order valence-electron chi connectivity index (χ3n) is 6.39. The van der Waals surface area contributed by atoms with Crippen molar-refractivity contribution in [3.63, 3.8) is 0 Å². The molecule has 0 aromatic heterocycles. The lowest BCUT2D eigenvalue weighted by Crippen LogP contribution is -2.38. The number of hydrogen-bond donors (Lipinski definition) is 1. The Morgan fingerprint density at radius 1 is 1.00 bits per heavy atom. The molecule has 1 saturated heterocycles. The number of nitrogens with zero attached hydrogens (tertiary/aromatic N) is 1. The number of carbonyl (C=O) groups is 1. The lowest BCUT2D eigenvalue weighted by atomic mass is 9.67. The zero-order valence-corrected chi connectivity index (χ0v) is 17.0. The van der Waals surface area contributed by atoms with Crippen LogP contribution < -0.4 is 5.32 Å². The lowest BCUT2D eigenvalue weighted by molar-refractivity contribution is 0.0773. The maximum atomic E-state index is 12.6. The van der Waals surface area contributed by atoms with Crippen LogP contribution in [0, 0.1) is 5.41 Å². The summed E-state index contributed by atoms with van der Waals surface area (Å²) in [6.45, 7) is 7.71. The Kier molecular flexibility index (Phi) is 5.36. The van der Waals surface area contributed by atoms with Crippen molar-refractivity contribution in [2.45, 2.75) is 33.1 Å². The average Bonchev–Trinajstić information content (AvgIpc) is 2.74. The highest BCUT2D eigenvalue weighted by atomic mass is 16.2. The van der Waals surface area contributed by atoms with Crippen LogP contribution in [-0.2, 0) is 6.42 Å². The van der Waals surface area contributed by atoms with Crippen LogP contribution in [0.25, 0.3) is 5.57 Å². The molecule has 1 spiro atoms. The number of rotatable bonds is 4. The number of benzene rings is 2. The molecule has 1 aliphatic heterocycles. The topological polar surface area (TPSA) is 32.3 Å². The fourth-order valence-electron chi connectivity index (χ4n) is 4.72. The monoisotopic (exact) mass is 374 g/mol. The lowest BCUT2D eigenvalue weighted by Gasteiger charge is -2.40. The van der Waals surface area contributed by atoms with Gasteiger partial charge in [-0.25, -0.2) is 0 Å². The molecule has 1 aliphatic carbocycles. The van der Waals surface area contributed by atoms with Crippen LogP contribution in [-0.4, -0.2) is 37.0 Å². The van der Waals surface area contributed by atoms with Crippen LogP contribution in [0.3, 0.4) is 0 Å². The second-order valence-electron chi connectivity index (χ2n) is 8.06. The first kappa shape index (κ1) is 18.9. The summed E-state index contributed by atoms with van der Waals surface area (Å²) >= 11 is 0. The summed E-state index contributed by atoms with van der Waals surface area (Å²) in [6.07, 6.45) is 6.02. The Labute approximate surface area is 168 Å². The van der Waals surface area contributed by atoms with Crippen molar-refractivity contribution < 1.29 is 4.79 Å². The van der Waals surface area contributed by atoms with Gasteiger partial charge in [-0.15, -0.1) is 0 Å². The van der Waals surface area contributed by atoms with Gasteiger partial charge >= 0.3 is 0 Å². The molecular formula is C25H30N2O. The van der Waals surface area contributed by atoms with Gasteiger partial charge in [0.2, 0.25) is 0 Å². The zero-order valence-electron chi connectivity index (χ0n) is 17.0. The van der Waals surface area contributed by atoms with Crippen LogP contribution in [0.5, 0.6) is 0 Å². The first-order valence-corrected chi connectivity index (χ1v) is 10.6. The second kappa shape index (κ2) is 7.92. The van der Waals surface area contributed by atoms with Gasteiger partial charge in [-0.3, -0.25) is 4.79 Å². The van der Waals surface area contributed by atoms with Gasteiger partial charge < -0.3 is 10.2 Å². The van der Waals surface area contributed by atoms with Crippen LogP contribution in [0.4, 0.5) is 0 Å². The molecule has 0 unspecified atom stereocenters. The average molecular weight is 375 g/mol. The van der Waals surface area contributed by atoms with Crippen molar-refractivity contribution in [1.82, 2.24) is 10.2 Å². The highest BCUT2D eigenvalue weighted by Crippen LogP contribution is 2.44. The van der Waals surface area contributed by atoms with Crippen LogP contribution in [0.2, 0.25) is 0 Å². The molecule has 0 atom stereocenters. The van der Waals surface area contributed by atoms with Crippen LogP contribution >= 0.6 is 0 Å². The molecule has 1 amide bonds. The third kappa shape index (κ3) is 3.51. The number of amides is 1. The molecule has 1 heterocycles. The van der Waals surface area contributed by atoms with Gasteiger partial charge in [0.15, 0.2) is 0 Å². The van der Waals surface area contributed by atoms with E-state index >= 15 is 0 Å². The van der Waals surface area contributed by atoms with Gasteiger partial charge in [0, 0.05) is 18.7 Å². The van der Waals surface area contributed by atoms with E-state index in [1.165, 1.54) is 35.1 Å². The first-order chi connectivity index (χ1) is 13.7. The van der Waals surface area contributed by atoms with Crippen molar-refractivity contribution in [2.24, 2.45) is 5.41 Å². The third-order valence-corrected chi connectivity index (χ3v) is 6.39. The SMILES string of the molecule is CCN(CC)C(=O)c1ccc(C2=CC3(CCNCC3)Cc3ccccc32)cc1. The van der Waals surface area contributed by atoms with E-state index in [-0.39, 0.29) is 11.3 Å². The Balaban J connectivity index is 1.71.